The second-order valence-corrected chi connectivity index (χ2v) is 13.1. The van der Waals surface area contributed by atoms with Crippen molar-refractivity contribution >= 4 is 5.97 Å². The predicted molar refractivity (Wildman–Crippen MR) is 158 cm³/mol. The molecular weight excluding hydrogens is 853 g/mol. The van der Waals surface area contributed by atoms with E-state index >= 15 is 0 Å². The highest BCUT2D eigenvalue weighted by Gasteiger charge is 2.97. The molecule has 0 aromatic heterocycles. The van der Waals surface area contributed by atoms with Gasteiger partial charge in [-0.15, -0.1) is 0 Å². The van der Waals surface area contributed by atoms with Crippen molar-refractivity contribution in [2.24, 2.45) is 5.41 Å². The highest BCUT2D eigenvalue weighted by Crippen LogP contribution is 2.65. The van der Waals surface area contributed by atoms with Gasteiger partial charge in [0, 0.05) is 12.0 Å². The highest BCUT2D eigenvalue weighted by atomic mass is 19.4. The maximum absolute atomic E-state index is 14.2. The number of unbranched alkanes of at least 4 members (excludes halogenated alkanes) is 3. The van der Waals surface area contributed by atoms with Crippen LogP contribution in [0.1, 0.15) is 43.0 Å². The van der Waals surface area contributed by atoms with Crippen molar-refractivity contribution in [3.8, 4) is 17.2 Å². The van der Waals surface area contributed by atoms with Gasteiger partial charge in [-0.05, 0) is 67.8 Å². The van der Waals surface area contributed by atoms with Crippen LogP contribution in [0.25, 0.3) is 0 Å². The molecule has 1 aliphatic rings. The molecule has 6 nitrogen and oxygen atoms in total. The lowest BCUT2D eigenvalue weighted by atomic mass is 9.88. The van der Waals surface area contributed by atoms with Gasteiger partial charge in [-0.3, -0.25) is 0 Å². The number of carbonyl (C=O) groups is 1. The molecule has 0 radical (unpaired) electrons. The second-order valence-electron chi connectivity index (χ2n) is 13.1. The number of hydrogen-bond donors (Lipinski definition) is 0. The molecule has 1 heterocycles. The largest absolute Gasteiger partial charge is 0.494 e. The summed E-state index contributed by atoms with van der Waals surface area (Å²) in [4.78, 5) is 12.4. The molecule has 1 aliphatic heterocycles. The lowest BCUT2D eigenvalue weighted by Crippen LogP contribution is -2.76. The van der Waals surface area contributed by atoms with E-state index in [1.807, 2.05) is 0 Å². The Bertz CT molecular complexity index is 1680. The van der Waals surface area contributed by atoms with Crippen LogP contribution < -0.4 is 14.2 Å². The van der Waals surface area contributed by atoms with Crippen LogP contribution in [0.15, 0.2) is 48.5 Å². The summed E-state index contributed by atoms with van der Waals surface area (Å²) in [6.07, 6.45) is -11.9. The minimum absolute atomic E-state index is 0.0551. The van der Waals surface area contributed by atoms with E-state index in [2.05, 4.69) is 11.7 Å². The first kappa shape index (κ1) is 48.5. The summed E-state index contributed by atoms with van der Waals surface area (Å²) in [5.74, 6) is -64.2. The number of esters is 1. The van der Waals surface area contributed by atoms with E-state index in [-0.39, 0.29) is 23.1 Å². The first-order valence-electron chi connectivity index (χ1n) is 16.2. The van der Waals surface area contributed by atoms with Gasteiger partial charge in [-0.25, -0.2) is 4.79 Å². The van der Waals surface area contributed by atoms with E-state index in [9.17, 15) is 88.2 Å². The van der Waals surface area contributed by atoms with E-state index in [1.54, 1.807) is 0 Å². The Hall–Kier alpha value is -3.90. The zero-order valence-corrected chi connectivity index (χ0v) is 29.1. The van der Waals surface area contributed by atoms with Crippen LogP contribution in [0.3, 0.4) is 0 Å². The zero-order chi connectivity index (χ0) is 44.4. The molecule has 0 unspecified atom stereocenters. The summed E-state index contributed by atoms with van der Waals surface area (Å²) in [7, 11) is 0. The number of rotatable bonds is 21. The van der Waals surface area contributed by atoms with Gasteiger partial charge in [-0.2, -0.15) is 83.4 Å². The Balaban J connectivity index is 1.59. The molecule has 0 spiro atoms. The fourth-order valence-electron chi connectivity index (χ4n) is 4.69. The summed E-state index contributed by atoms with van der Waals surface area (Å²) in [5.41, 5.74) is -0.105. The average molecular weight is 883 g/mol. The molecule has 0 N–H and O–H groups in total. The number of benzene rings is 2. The molecule has 3 rings (SSSR count). The van der Waals surface area contributed by atoms with Crippen LogP contribution >= 0.6 is 0 Å². The SMILES string of the molecule is CC1(COCCCCCCOc2ccc(C(=O)Oc3ccc(OC(F)(F)C(F)(F)C(F)(F)C(F)(F)C(F)(F)C(F)(F)C(F)(F)C(F)(F)C(F)(F)F)cc3)cc2)COC1. The third-order valence-corrected chi connectivity index (χ3v) is 8.26. The monoisotopic (exact) mass is 882 g/mol. The minimum Gasteiger partial charge on any atom is -0.494 e. The lowest BCUT2D eigenvalue weighted by Gasteiger charge is -2.43. The predicted octanol–water partition coefficient (Wildman–Crippen LogP) is 10.9. The van der Waals surface area contributed by atoms with E-state index in [0.29, 0.717) is 57.3 Å². The van der Waals surface area contributed by atoms with Crippen molar-refractivity contribution in [1.82, 2.24) is 0 Å². The van der Waals surface area contributed by atoms with Crippen molar-refractivity contribution in [2.75, 3.05) is 33.0 Å². The van der Waals surface area contributed by atoms with Crippen molar-refractivity contribution in [3.63, 3.8) is 0 Å². The van der Waals surface area contributed by atoms with Crippen LogP contribution in [0, 0.1) is 5.41 Å². The fourth-order valence-corrected chi connectivity index (χ4v) is 4.69. The van der Waals surface area contributed by atoms with Crippen molar-refractivity contribution < 1.29 is 112 Å². The maximum atomic E-state index is 14.2. The second kappa shape index (κ2) is 16.6. The molecule has 25 heteroatoms. The molecule has 0 saturated carbocycles. The minimum atomic E-state index is -9.04. The Labute approximate surface area is 314 Å². The van der Waals surface area contributed by atoms with Gasteiger partial charge in [0.1, 0.15) is 17.2 Å². The molecule has 0 bridgehead atoms. The molecule has 0 aliphatic carbocycles. The molecule has 2 aromatic carbocycles. The molecule has 2 aromatic rings. The van der Waals surface area contributed by atoms with Crippen molar-refractivity contribution in [1.29, 1.82) is 0 Å². The number of hydrogen-bond acceptors (Lipinski definition) is 6. The number of alkyl halides is 19. The summed E-state index contributed by atoms with van der Waals surface area (Å²) < 4.78 is 282. The van der Waals surface area contributed by atoms with Gasteiger partial charge in [-0.1, -0.05) is 13.3 Å². The lowest BCUT2D eigenvalue weighted by molar-refractivity contribution is -0.476. The summed E-state index contributed by atoms with van der Waals surface area (Å²) >= 11 is 0. The summed E-state index contributed by atoms with van der Waals surface area (Å²) in [6.45, 7) is 4.90. The summed E-state index contributed by atoms with van der Waals surface area (Å²) in [6, 6.07) is 6.18. The molecule has 1 fully saturated rings. The van der Waals surface area contributed by atoms with Crippen LogP contribution in [-0.4, -0.2) is 92.7 Å². The van der Waals surface area contributed by atoms with Crippen LogP contribution in [0.2, 0.25) is 0 Å². The summed E-state index contributed by atoms with van der Waals surface area (Å²) in [5, 5.41) is 0. The third kappa shape index (κ3) is 9.13. The van der Waals surface area contributed by atoms with Gasteiger partial charge in [0.25, 0.3) is 0 Å². The Morgan fingerprint density at radius 3 is 1.41 bits per heavy atom. The first-order chi connectivity index (χ1) is 26.2. The third-order valence-electron chi connectivity index (χ3n) is 8.26. The first-order valence-corrected chi connectivity index (χ1v) is 16.2. The number of ether oxygens (including phenoxy) is 5. The quantitative estimate of drug-likeness (QED) is 0.0539. The highest BCUT2D eigenvalue weighted by molar-refractivity contribution is 5.91. The fraction of sp³-hybridized carbons (Fsp3) is 0.606. The molecule has 1 saturated heterocycles. The maximum Gasteiger partial charge on any atom is 0.471 e. The van der Waals surface area contributed by atoms with Crippen LogP contribution in [0.4, 0.5) is 83.4 Å². The van der Waals surface area contributed by atoms with E-state index < -0.39 is 71.2 Å². The van der Waals surface area contributed by atoms with Crippen molar-refractivity contribution in [2.45, 2.75) is 86.3 Å². The van der Waals surface area contributed by atoms with E-state index in [0.717, 1.165) is 19.3 Å². The molecule has 58 heavy (non-hydrogen) atoms. The Morgan fingerprint density at radius 2 is 0.966 bits per heavy atom. The normalized spacial score (nSPS) is 16.1. The van der Waals surface area contributed by atoms with Gasteiger partial charge < -0.3 is 23.7 Å². The average Bonchev–Trinajstić information content (AvgIpc) is 3.10. The van der Waals surface area contributed by atoms with Crippen molar-refractivity contribution in [3.05, 3.63) is 54.1 Å². The standard InChI is InChI=1S/C33H29F19O6/c1-24(17-55-18-24)16-54-14-4-2-3-5-15-56-20-8-6-19(7-9-20)23(53)57-21-10-12-22(13-11-21)58-33(51,52)31(46,47)29(42,43)27(38,39)25(34,35)26(36,37)28(40,41)30(44,45)32(48,49)50/h6-13H,2-5,14-18H2,1H3. The van der Waals surface area contributed by atoms with Crippen LogP contribution in [0.5, 0.6) is 17.2 Å². The zero-order valence-electron chi connectivity index (χ0n) is 29.1. The van der Waals surface area contributed by atoms with Gasteiger partial charge in [0.2, 0.25) is 0 Å². The molecule has 0 atom stereocenters. The van der Waals surface area contributed by atoms with E-state index in [4.69, 9.17) is 18.9 Å². The van der Waals surface area contributed by atoms with Gasteiger partial charge in [0.15, 0.2) is 0 Å². The van der Waals surface area contributed by atoms with E-state index in [1.165, 1.54) is 24.3 Å². The smallest absolute Gasteiger partial charge is 0.471 e. The number of halogens is 19. The Morgan fingerprint density at radius 1 is 0.552 bits per heavy atom. The van der Waals surface area contributed by atoms with Crippen LogP contribution in [-0.2, 0) is 9.47 Å². The molecule has 330 valence electrons. The van der Waals surface area contributed by atoms with Gasteiger partial charge >= 0.3 is 59.7 Å². The molecule has 0 amide bonds. The molecular formula is C33H29F19O6. The number of carbonyl (C=O) groups excluding carboxylic acids is 1. The Kier molecular flexibility index (Phi) is 13.9. The topological polar surface area (TPSA) is 63.2 Å². The van der Waals surface area contributed by atoms with Gasteiger partial charge in [0.05, 0.1) is 32.0 Å².